The lowest BCUT2D eigenvalue weighted by Gasteiger charge is -2.26. The van der Waals surface area contributed by atoms with Gasteiger partial charge in [-0.05, 0) is 12.8 Å². The molecule has 0 saturated heterocycles. The maximum atomic E-state index is 12.4. The summed E-state index contributed by atoms with van der Waals surface area (Å²) in [7, 11) is 0. The molecule has 258 valence electrons. The predicted molar refractivity (Wildman–Crippen MR) is 186 cm³/mol. The first kappa shape index (κ1) is 42.3. The van der Waals surface area contributed by atoms with E-state index in [-0.39, 0.29) is 12.5 Å². The van der Waals surface area contributed by atoms with Gasteiger partial charge in [0.15, 0.2) is 0 Å². The van der Waals surface area contributed by atoms with Gasteiger partial charge in [-0.1, -0.05) is 194 Å². The van der Waals surface area contributed by atoms with Gasteiger partial charge in [0, 0.05) is 6.42 Å². The Morgan fingerprint density at radius 3 is 1.12 bits per heavy atom. The second-order valence-electron chi connectivity index (χ2n) is 13.5. The number of carbonyl (C=O) groups excluding carboxylic acids is 1. The first-order valence-corrected chi connectivity index (χ1v) is 19.3. The van der Waals surface area contributed by atoms with Gasteiger partial charge in [0.1, 0.15) is 6.10 Å². The Morgan fingerprint density at radius 1 is 0.488 bits per heavy atom. The number of hydrogen-bond donors (Lipinski definition) is 4. The number of aliphatic hydroxyl groups excluding tert-OH is 3. The number of rotatable bonds is 35. The zero-order chi connectivity index (χ0) is 31.6. The first-order chi connectivity index (χ1) is 21.1. The van der Waals surface area contributed by atoms with Crippen molar-refractivity contribution >= 4 is 5.91 Å². The van der Waals surface area contributed by atoms with Crippen molar-refractivity contribution in [1.29, 1.82) is 0 Å². The molecule has 4 N–H and O–H groups in total. The SMILES string of the molecule is CCCCCCCCCCCCCCCCCCCCCC(=O)N[C@@H](CO)[C@H](O)[C@H](O)CCCCCCCCCCCC. The van der Waals surface area contributed by atoms with Crippen LogP contribution in [0.2, 0.25) is 0 Å². The largest absolute Gasteiger partial charge is 0.394 e. The summed E-state index contributed by atoms with van der Waals surface area (Å²) in [5.74, 6) is -0.142. The van der Waals surface area contributed by atoms with E-state index in [2.05, 4.69) is 19.2 Å². The summed E-state index contributed by atoms with van der Waals surface area (Å²) < 4.78 is 0. The summed E-state index contributed by atoms with van der Waals surface area (Å²) in [5.41, 5.74) is 0. The summed E-state index contributed by atoms with van der Waals surface area (Å²) in [6.07, 6.45) is 36.3. The van der Waals surface area contributed by atoms with E-state index in [1.807, 2.05) is 0 Å². The molecular formula is C38H77NO4. The van der Waals surface area contributed by atoms with E-state index in [1.165, 1.54) is 148 Å². The number of carbonyl (C=O) groups is 1. The molecule has 5 nitrogen and oxygen atoms in total. The summed E-state index contributed by atoms with van der Waals surface area (Å²) in [5, 5.41) is 33.3. The van der Waals surface area contributed by atoms with Crippen LogP contribution in [0.4, 0.5) is 0 Å². The molecule has 0 fully saturated rings. The smallest absolute Gasteiger partial charge is 0.220 e. The standard InChI is InChI=1S/C38H77NO4/c1-3-5-7-9-11-13-15-16-17-18-19-20-21-22-23-25-27-29-31-33-37(42)39-35(34-40)38(43)36(41)32-30-28-26-24-14-12-10-8-6-4-2/h35-36,38,40-41,43H,3-34H2,1-2H3,(H,39,42)/t35-,36+,38-/m0/s1. The fourth-order valence-electron chi connectivity index (χ4n) is 6.16. The monoisotopic (exact) mass is 612 g/mol. The second kappa shape index (κ2) is 34.2. The third-order valence-electron chi connectivity index (χ3n) is 9.21. The van der Waals surface area contributed by atoms with Gasteiger partial charge in [-0.15, -0.1) is 0 Å². The van der Waals surface area contributed by atoms with Crippen molar-refractivity contribution in [2.75, 3.05) is 6.61 Å². The maximum absolute atomic E-state index is 12.4. The highest BCUT2D eigenvalue weighted by molar-refractivity contribution is 5.76. The molecule has 5 heteroatoms. The number of aliphatic hydroxyl groups is 3. The van der Waals surface area contributed by atoms with Crippen LogP contribution in [0.3, 0.4) is 0 Å². The van der Waals surface area contributed by atoms with Crippen molar-refractivity contribution in [3.63, 3.8) is 0 Å². The van der Waals surface area contributed by atoms with Gasteiger partial charge < -0.3 is 20.6 Å². The predicted octanol–water partition coefficient (Wildman–Crippen LogP) is 10.3. The van der Waals surface area contributed by atoms with Crippen molar-refractivity contribution in [2.24, 2.45) is 0 Å². The third kappa shape index (κ3) is 29.8. The Labute approximate surface area is 268 Å². The molecule has 0 saturated carbocycles. The van der Waals surface area contributed by atoms with Crippen LogP contribution < -0.4 is 5.32 Å². The average Bonchev–Trinajstić information content (AvgIpc) is 3.01. The highest BCUT2D eigenvalue weighted by Gasteiger charge is 2.26. The van der Waals surface area contributed by atoms with E-state index in [0.29, 0.717) is 12.8 Å². The first-order valence-electron chi connectivity index (χ1n) is 19.3. The molecule has 0 rings (SSSR count). The summed E-state index contributed by atoms with van der Waals surface area (Å²) in [6, 6.07) is -0.800. The number of amides is 1. The van der Waals surface area contributed by atoms with E-state index in [1.54, 1.807) is 0 Å². The molecule has 0 aromatic rings. The van der Waals surface area contributed by atoms with Crippen molar-refractivity contribution < 1.29 is 20.1 Å². The van der Waals surface area contributed by atoms with Crippen molar-refractivity contribution in [2.45, 2.75) is 231 Å². The van der Waals surface area contributed by atoms with Crippen molar-refractivity contribution in [1.82, 2.24) is 5.32 Å². The Morgan fingerprint density at radius 2 is 0.791 bits per heavy atom. The van der Waals surface area contributed by atoms with E-state index in [9.17, 15) is 20.1 Å². The fraction of sp³-hybridized carbons (Fsp3) is 0.974. The Kier molecular flexibility index (Phi) is 33.7. The second-order valence-corrected chi connectivity index (χ2v) is 13.5. The number of hydrogen-bond acceptors (Lipinski definition) is 4. The molecule has 0 aliphatic carbocycles. The van der Waals surface area contributed by atoms with Gasteiger partial charge in [-0.2, -0.15) is 0 Å². The molecule has 0 bridgehead atoms. The van der Waals surface area contributed by atoms with Crippen LogP contribution >= 0.6 is 0 Å². The van der Waals surface area contributed by atoms with Crippen LogP contribution in [-0.2, 0) is 4.79 Å². The molecule has 3 atom stereocenters. The van der Waals surface area contributed by atoms with Crippen LogP contribution in [0.25, 0.3) is 0 Å². The van der Waals surface area contributed by atoms with Gasteiger partial charge in [0.05, 0.1) is 18.8 Å². The topological polar surface area (TPSA) is 89.8 Å². The minimum Gasteiger partial charge on any atom is -0.394 e. The van der Waals surface area contributed by atoms with E-state index >= 15 is 0 Å². The third-order valence-corrected chi connectivity index (χ3v) is 9.21. The van der Waals surface area contributed by atoms with Gasteiger partial charge in [0.2, 0.25) is 5.91 Å². The highest BCUT2D eigenvalue weighted by atomic mass is 16.3. The highest BCUT2D eigenvalue weighted by Crippen LogP contribution is 2.16. The molecule has 0 aliphatic heterocycles. The molecule has 0 aromatic carbocycles. The number of nitrogens with one attached hydrogen (secondary N) is 1. The fourth-order valence-corrected chi connectivity index (χ4v) is 6.16. The zero-order valence-electron chi connectivity index (χ0n) is 29.1. The molecule has 1 amide bonds. The van der Waals surface area contributed by atoms with E-state index in [4.69, 9.17) is 0 Å². The molecular weight excluding hydrogens is 534 g/mol. The van der Waals surface area contributed by atoms with E-state index in [0.717, 1.165) is 38.5 Å². The van der Waals surface area contributed by atoms with Crippen LogP contribution in [0.15, 0.2) is 0 Å². The molecule has 0 unspecified atom stereocenters. The maximum Gasteiger partial charge on any atom is 0.220 e. The molecule has 0 spiro atoms. The molecule has 0 heterocycles. The Bertz CT molecular complexity index is 558. The summed E-state index contributed by atoms with van der Waals surface area (Å²) in [4.78, 5) is 12.4. The minimum absolute atomic E-state index is 0.142. The molecule has 0 aliphatic rings. The van der Waals surface area contributed by atoms with Gasteiger partial charge in [-0.25, -0.2) is 0 Å². The molecule has 43 heavy (non-hydrogen) atoms. The Hall–Kier alpha value is -0.650. The number of unbranched alkanes of at least 4 members (excludes halogenated alkanes) is 27. The lowest BCUT2D eigenvalue weighted by molar-refractivity contribution is -0.124. The van der Waals surface area contributed by atoms with E-state index < -0.39 is 18.2 Å². The lowest BCUT2D eigenvalue weighted by atomic mass is 9.99. The van der Waals surface area contributed by atoms with Gasteiger partial charge in [-0.3, -0.25) is 4.79 Å². The van der Waals surface area contributed by atoms with Crippen molar-refractivity contribution in [3.05, 3.63) is 0 Å². The molecule has 0 radical (unpaired) electrons. The van der Waals surface area contributed by atoms with Crippen LogP contribution in [0.5, 0.6) is 0 Å². The summed E-state index contributed by atoms with van der Waals surface area (Å²) >= 11 is 0. The summed E-state index contributed by atoms with van der Waals surface area (Å²) in [6.45, 7) is 4.16. The average molecular weight is 612 g/mol. The van der Waals surface area contributed by atoms with Gasteiger partial charge in [0.25, 0.3) is 0 Å². The zero-order valence-corrected chi connectivity index (χ0v) is 29.1. The van der Waals surface area contributed by atoms with Crippen molar-refractivity contribution in [3.8, 4) is 0 Å². The van der Waals surface area contributed by atoms with Crippen LogP contribution in [0.1, 0.15) is 213 Å². The van der Waals surface area contributed by atoms with Crippen LogP contribution in [0, 0.1) is 0 Å². The molecule has 0 aromatic heterocycles. The lowest BCUT2D eigenvalue weighted by Crippen LogP contribution is -2.50. The van der Waals surface area contributed by atoms with Crippen LogP contribution in [-0.4, -0.2) is 46.1 Å². The minimum atomic E-state index is -1.13. The normalized spacial score (nSPS) is 13.7. The quantitative estimate of drug-likeness (QED) is 0.0537. The Balaban J connectivity index is 3.59. The van der Waals surface area contributed by atoms with Gasteiger partial charge >= 0.3 is 0 Å².